The maximum atomic E-state index is 11.3. The van der Waals surface area contributed by atoms with Crippen LogP contribution < -0.4 is 5.43 Å². The smallest absolute Gasteiger partial charge is 0.150 e. The molecule has 0 aliphatic carbocycles. The van der Waals surface area contributed by atoms with Crippen LogP contribution in [0.25, 0.3) is 0 Å². The maximum absolute atomic E-state index is 11.3. The van der Waals surface area contributed by atoms with E-state index in [4.69, 9.17) is 0 Å². The summed E-state index contributed by atoms with van der Waals surface area (Å²) in [7, 11) is 0. The summed E-state index contributed by atoms with van der Waals surface area (Å²) in [6, 6.07) is -0.0110. The molecule has 0 aromatic carbocycles. The summed E-state index contributed by atoms with van der Waals surface area (Å²) in [5, 5.41) is 2.18. The zero-order chi connectivity index (χ0) is 9.68. The molecule has 1 saturated heterocycles. The molecule has 1 aliphatic heterocycles. The molecule has 0 saturated carbocycles. The van der Waals surface area contributed by atoms with E-state index in [1.807, 2.05) is 13.8 Å². The van der Waals surface area contributed by atoms with Crippen molar-refractivity contribution in [3.63, 3.8) is 0 Å². The van der Waals surface area contributed by atoms with Crippen molar-refractivity contribution in [1.29, 1.82) is 0 Å². The molecule has 1 atom stereocenters. The Hall–Kier alpha value is -0.410. The Morgan fingerprint density at radius 1 is 1.38 bits per heavy atom. The minimum Gasteiger partial charge on any atom is -0.298 e. The molecule has 0 amide bonds. The van der Waals surface area contributed by atoms with Crippen LogP contribution in [0, 0.1) is 0 Å². The highest BCUT2D eigenvalue weighted by molar-refractivity contribution is 5.83. The molecular formula is C10H20N2O. The lowest BCUT2D eigenvalue weighted by Crippen LogP contribution is -2.48. The van der Waals surface area contributed by atoms with Crippen molar-refractivity contribution in [1.82, 2.24) is 10.4 Å². The van der Waals surface area contributed by atoms with Crippen LogP contribution in [0.4, 0.5) is 0 Å². The normalized spacial score (nSPS) is 21.4. The topological polar surface area (TPSA) is 32.3 Å². The van der Waals surface area contributed by atoms with Gasteiger partial charge >= 0.3 is 0 Å². The Balaban J connectivity index is 2.25. The number of carbonyl (C=O) groups is 1. The fraction of sp³-hybridized carbons (Fsp3) is 0.900. The third-order valence-electron chi connectivity index (χ3n) is 2.56. The van der Waals surface area contributed by atoms with E-state index in [1.54, 1.807) is 0 Å². The van der Waals surface area contributed by atoms with Gasteiger partial charge in [-0.1, -0.05) is 13.3 Å². The fourth-order valence-electron chi connectivity index (χ4n) is 1.68. The maximum Gasteiger partial charge on any atom is 0.150 e. The van der Waals surface area contributed by atoms with Crippen molar-refractivity contribution in [2.24, 2.45) is 0 Å². The molecular weight excluding hydrogens is 164 g/mol. The van der Waals surface area contributed by atoms with Crippen LogP contribution in [0.15, 0.2) is 0 Å². The van der Waals surface area contributed by atoms with E-state index in [9.17, 15) is 4.79 Å². The molecule has 3 heteroatoms. The van der Waals surface area contributed by atoms with Gasteiger partial charge in [-0.25, -0.2) is 10.4 Å². The zero-order valence-electron chi connectivity index (χ0n) is 8.68. The van der Waals surface area contributed by atoms with E-state index >= 15 is 0 Å². The zero-order valence-corrected chi connectivity index (χ0v) is 8.68. The van der Waals surface area contributed by atoms with Crippen LogP contribution >= 0.6 is 0 Å². The van der Waals surface area contributed by atoms with Crippen LogP contribution in [-0.2, 0) is 4.79 Å². The molecule has 1 heterocycles. The van der Waals surface area contributed by atoms with Crippen LogP contribution in [-0.4, -0.2) is 29.9 Å². The summed E-state index contributed by atoms with van der Waals surface area (Å²) >= 11 is 0. The van der Waals surface area contributed by atoms with Gasteiger partial charge in [-0.15, -0.1) is 0 Å². The summed E-state index contributed by atoms with van der Waals surface area (Å²) in [5.41, 5.74) is 3.25. The minimum atomic E-state index is -0.0110. The number of hydrogen-bond donors (Lipinski definition) is 1. The van der Waals surface area contributed by atoms with Gasteiger partial charge in [0.1, 0.15) is 0 Å². The molecule has 13 heavy (non-hydrogen) atoms. The second-order valence-corrected chi connectivity index (χ2v) is 3.72. The number of nitrogens with zero attached hydrogens (tertiary/aromatic N) is 1. The largest absolute Gasteiger partial charge is 0.298 e. The van der Waals surface area contributed by atoms with Crippen LogP contribution in [0.3, 0.4) is 0 Å². The highest BCUT2D eigenvalue weighted by Gasteiger charge is 2.15. The summed E-state index contributed by atoms with van der Waals surface area (Å²) < 4.78 is 0. The molecule has 1 fully saturated rings. The Kier molecular flexibility index (Phi) is 4.39. The number of ketones is 1. The predicted molar refractivity (Wildman–Crippen MR) is 53.3 cm³/mol. The minimum absolute atomic E-state index is 0.0110. The molecule has 3 nitrogen and oxygen atoms in total. The molecule has 1 N–H and O–H groups in total. The second kappa shape index (κ2) is 5.35. The van der Waals surface area contributed by atoms with Crippen LogP contribution in [0.2, 0.25) is 0 Å². The lowest BCUT2D eigenvalue weighted by Gasteiger charge is -2.29. The van der Waals surface area contributed by atoms with Crippen molar-refractivity contribution in [3.8, 4) is 0 Å². The molecule has 1 rings (SSSR count). The number of carbonyl (C=O) groups excluding carboxylic acids is 1. The second-order valence-electron chi connectivity index (χ2n) is 3.72. The fourth-order valence-corrected chi connectivity index (χ4v) is 1.68. The lowest BCUT2D eigenvalue weighted by molar-refractivity contribution is -0.121. The number of rotatable bonds is 4. The first kappa shape index (κ1) is 10.7. The Labute approximate surface area is 80.5 Å². The monoisotopic (exact) mass is 184 g/mol. The molecule has 1 unspecified atom stereocenters. The van der Waals surface area contributed by atoms with E-state index in [1.165, 1.54) is 19.3 Å². The predicted octanol–water partition coefficient (Wildman–Crippen LogP) is 1.34. The van der Waals surface area contributed by atoms with Gasteiger partial charge in [0, 0.05) is 19.5 Å². The lowest BCUT2D eigenvalue weighted by atomic mass is 10.1. The summed E-state index contributed by atoms with van der Waals surface area (Å²) in [4.78, 5) is 11.3. The van der Waals surface area contributed by atoms with Gasteiger partial charge in [-0.2, -0.15) is 0 Å². The van der Waals surface area contributed by atoms with Gasteiger partial charge in [0.05, 0.1) is 6.04 Å². The first-order valence-electron chi connectivity index (χ1n) is 5.28. The molecule has 0 aromatic rings. The van der Waals surface area contributed by atoms with E-state index in [0.717, 1.165) is 13.1 Å². The molecule has 1 aliphatic rings. The van der Waals surface area contributed by atoms with Crippen molar-refractivity contribution in [2.45, 2.75) is 45.6 Å². The van der Waals surface area contributed by atoms with Gasteiger partial charge in [0.25, 0.3) is 0 Å². The molecule has 76 valence electrons. The Bertz CT molecular complexity index is 164. The number of nitrogens with one attached hydrogen (secondary N) is 1. The molecule has 0 aromatic heterocycles. The molecule has 0 bridgehead atoms. The van der Waals surface area contributed by atoms with Gasteiger partial charge in [-0.05, 0) is 19.8 Å². The first-order chi connectivity index (χ1) is 6.24. The number of piperidine rings is 1. The molecule has 0 radical (unpaired) electrons. The summed E-state index contributed by atoms with van der Waals surface area (Å²) in [5.74, 6) is 0.297. The van der Waals surface area contributed by atoms with Gasteiger partial charge in [-0.3, -0.25) is 4.79 Å². The standard InChI is InChI=1S/C10H20N2O/c1-3-10(13)9(2)11-12-7-5-4-6-8-12/h9,11H,3-8H2,1-2H3. The van der Waals surface area contributed by atoms with Crippen LogP contribution in [0.5, 0.6) is 0 Å². The quantitative estimate of drug-likeness (QED) is 0.715. The van der Waals surface area contributed by atoms with Crippen molar-refractivity contribution < 1.29 is 4.79 Å². The highest BCUT2D eigenvalue weighted by Crippen LogP contribution is 2.06. The van der Waals surface area contributed by atoms with Crippen molar-refractivity contribution >= 4 is 5.78 Å². The third kappa shape index (κ3) is 3.44. The van der Waals surface area contributed by atoms with Gasteiger partial charge < -0.3 is 0 Å². The van der Waals surface area contributed by atoms with Gasteiger partial charge in [0.15, 0.2) is 5.78 Å². The highest BCUT2D eigenvalue weighted by atomic mass is 16.1. The van der Waals surface area contributed by atoms with E-state index < -0.39 is 0 Å². The van der Waals surface area contributed by atoms with E-state index in [-0.39, 0.29) is 6.04 Å². The van der Waals surface area contributed by atoms with E-state index in [2.05, 4.69) is 10.4 Å². The average Bonchev–Trinajstić information content (AvgIpc) is 2.18. The summed E-state index contributed by atoms with van der Waals surface area (Å²) in [6.45, 7) is 6.03. The Morgan fingerprint density at radius 3 is 2.54 bits per heavy atom. The number of hydrogen-bond acceptors (Lipinski definition) is 3. The van der Waals surface area contributed by atoms with E-state index in [0.29, 0.717) is 12.2 Å². The number of hydrazine groups is 1. The first-order valence-corrected chi connectivity index (χ1v) is 5.28. The average molecular weight is 184 g/mol. The molecule has 0 spiro atoms. The van der Waals surface area contributed by atoms with Crippen LogP contribution in [0.1, 0.15) is 39.5 Å². The van der Waals surface area contributed by atoms with Gasteiger partial charge in [0.2, 0.25) is 0 Å². The van der Waals surface area contributed by atoms with Crippen molar-refractivity contribution in [2.75, 3.05) is 13.1 Å². The Morgan fingerprint density at radius 2 is 2.00 bits per heavy atom. The number of Topliss-reactive ketones (excluding diaryl/α,β-unsaturated/α-hetero) is 1. The summed E-state index contributed by atoms with van der Waals surface area (Å²) in [6.07, 6.45) is 4.45. The SMILES string of the molecule is CCC(=O)C(C)NN1CCCCC1. The third-order valence-corrected chi connectivity index (χ3v) is 2.56. The van der Waals surface area contributed by atoms with Crippen molar-refractivity contribution in [3.05, 3.63) is 0 Å².